The number of nitrogens with one attached hydrogen (secondary N) is 1. The van der Waals surface area contributed by atoms with Gasteiger partial charge in [0.05, 0.1) is 0 Å². The van der Waals surface area contributed by atoms with Crippen molar-refractivity contribution in [3.8, 4) is 0 Å². The van der Waals surface area contributed by atoms with Gasteiger partial charge in [0, 0.05) is 45.0 Å². The maximum absolute atomic E-state index is 5.99. The maximum Gasteiger partial charge on any atom is 0.193 e. The number of benzene rings is 1. The van der Waals surface area contributed by atoms with Crippen molar-refractivity contribution in [1.82, 2.24) is 9.80 Å². The summed E-state index contributed by atoms with van der Waals surface area (Å²) < 4.78 is 0. The SMILES string of the molecule is CCN1CCN(CC(C)CN=C(N)Nc2cccc(C)c2)CC1. The fourth-order valence-corrected chi connectivity index (χ4v) is 2.95. The number of aliphatic imine (C=N–C) groups is 1. The molecule has 2 rings (SSSR count). The summed E-state index contributed by atoms with van der Waals surface area (Å²) in [5.74, 6) is 1.01. The van der Waals surface area contributed by atoms with Crippen LogP contribution in [0.5, 0.6) is 0 Å². The molecule has 1 heterocycles. The Hall–Kier alpha value is -1.59. The van der Waals surface area contributed by atoms with Crippen molar-refractivity contribution in [3.05, 3.63) is 29.8 Å². The van der Waals surface area contributed by atoms with E-state index in [1.54, 1.807) is 0 Å². The van der Waals surface area contributed by atoms with Crippen LogP contribution in [0, 0.1) is 12.8 Å². The number of hydrogen-bond acceptors (Lipinski definition) is 3. The predicted octanol–water partition coefficient (Wildman–Crippen LogP) is 2.00. The molecule has 0 radical (unpaired) electrons. The number of rotatable bonds is 6. The first-order valence-corrected chi connectivity index (χ1v) is 8.65. The molecule has 1 unspecified atom stereocenters. The van der Waals surface area contributed by atoms with Crippen LogP contribution < -0.4 is 11.1 Å². The first-order chi connectivity index (χ1) is 11.1. The first kappa shape index (κ1) is 17.8. The van der Waals surface area contributed by atoms with Crippen LogP contribution in [0.3, 0.4) is 0 Å². The predicted molar refractivity (Wildman–Crippen MR) is 99.0 cm³/mol. The topological polar surface area (TPSA) is 56.9 Å². The normalized spacial score (nSPS) is 18.8. The number of aryl methyl sites for hydroxylation is 1. The Balaban J connectivity index is 1.73. The Morgan fingerprint density at radius 2 is 1.96 bits per heavy atom. The zero-order chi connectivity index (χ0) is 16.7. The monoisotopic (exact) mass is 317 g/mol. The molecule has 1 saturated heterocycles. The Morgan fingerprint density at radius 1 is 1.26 bits per heavy atom. The van der Waals surface area contributed by atoms with Gasteiger partial charge in [-0.25, -0.2) is 0 Å². The molecule has 0 saturated carbocycles. The van der Waals surface area contributed by atoms with Gasteiger partial charge in [-0.3, -0.25) is 4.99 Å². The molecule has 128 valence electrons. The minimum Gasteiger partial charge on any atom is -0.370 e. The van der Waals surface area contributed by atoms with E-state index < -0.39 is 0 Å². The average molecular weight is 317 g/mol. The summed E-state index contributed by atoms with van der Waals surface area (Å²) in [5, 5.41) is 3.16. The molecule has 5 nitrogen and oxygen atoms in total. The van der Waals surface area contributed by atoms with Crippen molar-refractivity contribution in [3.63, 3.8) is 0 Å². The van der Waals surface area contributed by atoms with Gasteiger partial charge in [-0.2, -0.15) is 0 Å². The highest BCUT2D eigenvalue weighted by atomic mass is 15.3. The van der Waals surface area contributed by atoms with Crippen LogP contribution in [0.2, 0.25) is 0 Å². The minimum atomic E-state index is 0.498. The maximum atomic E-state index is 5.99. The Labute approximate surface area is 140 Å². The van der Waals surface area contributed by atoms with Gasteiger partial charge in [0.1, 0.15) is 0 Å². The number of guanidine groups is 1. The molecule has 0 amide bonds. The quantitative estimate of drug-likeness (QED) is 0.622. The van der Waals surface area contributed by atoms with Crippen molar-refractivity contribution >= 4 is 11.6 Å². The molecule has 1 aliphatic heterocycles. The standard InChI is InChI=1S/C18H31N5/c1-4-22-8-10-23(11-9-22)14-16(3)13-20-18(19)21-17-7-5-6-15(2)12-17/h5-7,12,16H,4,8-11,13-14H2,1-3H3,(H3,19,20,21). The first-order valence-electron chi connectivity index (χ1n) is 8.65. The average Bonchev–Trinajstić information content (AvgIpc) is 2.54. The van der Waals surface area contributed by atoms with E-state index in [0.29, 0.717) is 11.9 Å². The second-order valence-corrected chi connectivity index (χ2v) is 6.56. The number of nitrogens with two attached hydrogens (primary N) is 1. The van der Waals surface area contributed by atoms with Crippen molar-refractivity contribution in [1.29, 1.82) is 0 Å². The summed E-state index contributed by atoms with van der Waals surface area (Å²) in [6.45, 7) is 14.3. The molecule has 0 aliphatic carbocycles. The van der Waals surface area contributed by atoms with E-state index in [4.69, 9.17) is 5.73 Å². The van der Waals surface area contributed by atoms with Gasteiger partial charge < -0.3 is 20.9 Å². The highest BCUT2D eigenvalue weighted by molar-refractivity contribution is 5.92. The van der Waals surface area contributed by atoms with Crippen LogP contribution >= 0.6 is 0 Å². The molecule has 1 aliphatic rings. The molecule has 1 fully saturated rings. The van der Waals surface area contributed by atoms with Gasteiger partial charge >= 0.3 is 0 Å². The van der Waals surface area contributed by atoms with E-state index >= 15 is 0 Å². The van der Waals surface area contributed by atoms with E-state index in [0.717, 1.165) is 25.3 Å². The molecule has 0 bridgehead atoms. The van der Waals surface area contributed by atoms with Crippen LogP contribution in [0.15, 0.2) is 29.3 Å². The van der Waals surface area contributed by atoms with Crippen LogP contribution in [0.1, 0.15) is 19.4 Å². The molecule has 23 heavy (non-hydrogen) atoms. The van der Waals surface area contributed by atoms with Gasteiger partial charge in [0.15, 0.2) is 5.96 Å². The highest BCUT2D eigenvalue weighted by Gasteiger charge is 2.17. The second-order valence-electron chi connectivity index (χ2n) is 6.56. The van der Waals surface area contributed by atoms with Crippen LogP contribution in [0.4, 0.5) is 5.69 Å². The second kappa shape index (κ2) is 8.89. The Bertz CT molecular complexity index is 506. The molecular weight excluding hydrogens is 286 g/mol. The fourth-order valence-electron chi connectivity index (χ4n) is 2.95. The Kier molecular flexibility index (Phi) is 6.86. The van der Waals surface area contributed by atoms with E-state index in [2.05, 4.69) is 53.0 Å². The van der Waals surface area contributed by atoms with Gasteiger partial charge in [-0.05, 0) is 37.1 Å². The van der Waals surface area contributed by atoms with Gasteiger partial charge in [0.2, 0.25) is 0 Å². The van der Waals surface area contributed by atoms with E-state index in [-0.39, 0.29) is 0 Å². The zero-order valence-corrected chi connectivity index (χ0v) is 14.8. The van der Waals surface area contributed by atoms with E-state index in [9.17, 15) is 0 Å². The van der Waals surface area contributed by atoms with Crippen LogP contribution in [0.25, 0.3) is 0 Å². The molecular formula is C18H31N5. The summed E-state index contributed by atoms with van der Waals surface area (Å²) in [4.78, 5) is 9.53. The molecule has 1 aromatic carbocycles. The number of piperazine rings is 1. The number of likely N-dealkylation sites (N-methyl/N-ethyl adjacent to an activating group) is 1. The lowest BCUT2D eigenvalue weighted by Gasteiger charge is -2.35. The zero-order valence-electron chi connectivity index (χ0n) is 14.8. The third-order valence-corrected chi connectivity index (χ3v) is 4.35. The van der Waals surface area contributed by atoms with Crippen LogP contribution in [-0.2, 0) is 0 Å². The number of anilines is 1. The van der Waals surface area contributed by atoms with Gasteiger partial charge in [-0.1, -0.05) is 26.0 Å². The third-order valence-electron chi connectivity index (χ3n) is 4.35. The molecule has 5 heteroatoms. The van der Waals surface area contributed by atoms with Gasteiger partial charge in [0.25, 0.3) is 0 Å². The lowest BCUT2D eigenvalue weighted by molar-refractivity contribution is 0.125. The smallest absolute Gasteiger partial charge is 0.193 e. The summed E-state index contributed by atoms with van der Waals surface area (Å²) in [7, 11) is 0. The highest BCUT2D eigenvalue weighted by Crippen LogP contribution is 2.09. The summed E-state index contributed by atoms with van der Waals surface area (Å²) in [6.07, 6.45) is 0. The lowest BCUT2D eigenvalue weighted by Crippen LogP contribution is -2.47. The largest absolute Gasteiger partial charge is 0.370 e. The van der Waals surface area contributed by atoms with E-state index in [1.165, 1.54) is 31.7 Å². The fraction of sp³-hybridized carbons (Fsp3) is 0.611. The summed E-state index contributed by atoms with van der Waals surface area (Å²) in [6, 6.07) is 8.16. The number of hydrogen-bond donors (Lipinski definition) is 2. The van der Waals surface area contributed by atoms with Crippen molar-refractivity contribution in [2.24, 2.45) is 16.6 Å². The van der Waals surface area contributed by atoms with Crippen LogP contribution in [-0.4, -0.2) is 61.6 Å². The third kappa shape index (κ3) is 6.20. The molecule has 1 aromatic rings. The molecule has 1 atom stereocenters. The molecule has 0 spiro atoms. The van der Waals surface area contributed by atoms with E-state index in [1.807, 2.05) is 12.1 Å². The Morgan fingerprint density at radius 3 is 2.61 bits per heavy atom. The van der Waals surface area contributed by atoms with Crippen molar-refractivity contribution in [2.45, 2.75) is 20.8 Å². The van der Waals surface area contributed by atoms with Crippen molar-refractivity contribution < 1.29 is 0 Å². The minimum absolute atomic E-state index is 0.498. The molecule has 0 aromatic heterocycles. The van der Waals surface area contributed by atoms with Gasteiger partial charge in [-0.15, -0.1) is 0 Å². The summed E-state index contributed by atoms with van der Waals surface area (Å²) in [5.41, 5.74) is 8.20. The molecule has 3 N–H and O–H groups in total. The van der Waals surface area contributed by atoms with Crippen molar-refractivity contribution in [2.75, 3.05) is 51.1 Å². The summed E-state index contributed by atoms with van der Waals surface area (Å²) >= 11 is 0. The lowest BCUT2D eigenvalue weighted by atomic mass is 10.1. The number of nitrogens with zero attached hydrogens (tertiary/aromatic N) is 3.